The van der Waals surface area contributed by atoms with E-state index in [9.17, 15) is 4.39 Å². The first-order valence-electron chi connectivity index (χ1n) is 4.83. The van der Waals surface area contributed by atoms with E-state index in [1.54, 1.807) is 16.9 Å². The monoisotopic (exact) mass is 331 g/mol. The van der Waals surface area contributed by atoms with Crippen LogP contribution < -0.4 is 5.73 Å². The minimum atomic E-state index is -0.246. The Morgan fingerprint density at radius 3 is 2.81 bits per heavy atom. The molecular formula is C11H11FIN3. The minimum Gasteiger partial charge on any atom is -0.383 e. The third kappa shape index (κ3) is 2.04. The van der Waals surface area contributed by atoms with Gasteiger partial charge in [0.05, 0.1) is 15.8 Å². The van der Waals surface area contributed by atoms with Gasteiger partial charge in [-0.1, -0.05) is 12.1 Å². The zero-order valence-corrected chi connectivity index (χ0v) is 10.8. The molecular weight excluding hydrogens is 320 g/mol. The molecule has 1 aromatic carbocycles. The lowest BCUT2D eigenvalue weighted by atomic mass is 10.1. The lowest BCUT2D eigenvalue weighted by Crippen LogP contribution is -2.11. The van der Waals surface area contributed by atoms with E-state index in [0.717, 1.165) is 9.13 Å². The van der Waals surface area contributed by atoms with Gasteiger partial charge in [0.25, 0.3) is 0 Å². The van der Waals surface area contributed by atoms with Gasteiger partial charge in [0.2, 0.25) is 0 Å². The average molecular weight is 331 g/mol. The normalized spacial score (nSPS) is 12.7. The minimum absolute atomic E-state index is 0.0702. The molecule has 0 saturated heterocycles. The second kappa shape index (κ2) is 4.40. The van der Waals surface area contributed by atoms with Crippen LogP contribution in [0.5, 0.6) is 0 Å². The molecule has 0 fully saturated rings. The summed E-state index contributed by atoms with van der Waals surface area (Å²) in [5, 5.41) is 4.18. The standard InChI is InChI=1S/C11H11FIN3/c1-7(8-3-2-4-9(12)5-8)16-11(14)10(13)6-15-16/h2-7H,14H2,1H3. The summed E-state index contributed by atoms with van der Waals surface area (Å²) >= 11 is 2.12. The summed E-state index contributed by atoms with van der Waals surface area (Å²) in [5.74, 6) is 0.363. The predicted octanol–water partition coefficient (Wildman–Crippen LogP) is 2.82. The Balaban J connectivity index is 2.39. The maximum atomic E-state index is 13.1. The van der Waals surface area contributed by atoms with Gasteiger partial charge in [0.15, 0.2) is 0 Å². The highest BCUT2D eigenvalue weighted by Gasteiger charge is 2.13. The summed E-state index contributed by atoms with van der Waals surface area (Å²) in [5.41, 5.74) is 6.73. The van der Waals surface area contributed by atoms with Crippen molar-refractivity contribution in [2.24, 2.45) is 0 Å². The zero-order valence-electron chi connectivity index (χ0n) is 8.69. The summed E-state index contributed by atoms with van der Waals surface area (Å²) in [6.07, 6.45) is 1.70. The van der Waals surface area contributed by atoms with E-state index in [4.69, 9.17) is 5.73 Å². The first kappa shape index (κ1) is 11.4. The Kier molecular flexibility index (Phi) is 3.13. The molecule has 2 aromatic rings. The van der Waals surface area contributed by atoms with Crippen molar-refractivity contribution in [2.45, 2.75) is 13.0 Å². The first-order valence-corrected chi connectivity index (χ1v) is 5.91. The molecule has 1 aromatic heterocycles. The molecule has 0 amide bonds. The molecule has 84 valence electrons. The molecule has 1 heterocycles. The van der Waals surface area contributed by atoms with Crippen molar-refractivity contribution in [1.29, 1.82) is 0 Å². The Hall–Kier alpha value is -1.11. The van der Waals surface area contributed by atoms with Gasteiger partial charge in [-0.3, -0.25) is 0 Å². The van der Waals surface area contributed by atoms with Gasteiger partial charge in [0.1, 0.15) is 11.6 Å². The molecule has 16 heavy (non-hydrogen) atoms. The molecule has 0 radical (unpaired) electrons. The van der Waals surface area contributed by atoms with Crippen LogP contribution in [0.3, 0.4) is 0 Å². The predicted molar refractivity (Wildman–Crippen MR) is 69.6 cm³/mol. The molecule has 0 bridgehead atoms. The Morgan fingerprint density at radius 2 is 2.25 bits per heavy atom. The van der Waals surface area contributed by atoms with E-state index >= 15 is 0 Å². The maximum absolute atomic E-state index is 13.1. The second-order valence-corrected chi connectivity index (χ2v) is 4.72. The van der Waals surface area contributed by atoms with Crippen molar-refractivity contribution in [3.05, 3.63) is 45.4 Å². The highest BCUT2D eigenvalue weighted by atomic mass is 127. The van der Waals surface area contributed by atoms with E-state index in [0.29, 0.717) is 5.82 Å². The van der Waals surface area contributed by atoms with Gasteiger partial charge >= 0.3 is 0 Å². The van der Waals surface area contributed by atoms with E-state index in [1.807, 2.05) is 13.0 Å². The lowest BCUT2D eigenvalue weighted by molar-refractivity contribution is 0.563. The van der Waals surface area contributed by atoms with Crippen LogP contribution in [0.15, 0.2) is 30.5 Å². The summed E-state index contributed by atoms with van der Waals surface area (Å²) in [7, 11) is 0. The molecule has 0 aliphatic heterocycles. The Morgan fingerprint density at radius 1 is 1.50 bits per heavy atom. The molecule has 2 N–H and O–H groups in total. The van der Waals surface area contributed by atoms with Crippen molar-refractivity contribution in [1.82, 2.24) is 9.78 Å². The molecule has 0 spiro atoms. The molecule has 3 nitrogen and oxygen atoms in total. The topological polar surface area (TPSA) is 43.8 Å². The Labute approximate surface area is 107 Å². The van der Waals surface area contributed by atoms with Crippen molar-refractivity contribution >= 4 is 28.4 Å². The van der Waals surface area contributed by atoms with Crippen LogP contribution in [0.25, 0.3) is 0 Å². The van der Waals surface area contributed by atoms with Crippen LogP contribution in [0, 0.1) is 9.39 Å². The zero-order chi connectivity index (χ0) is 11.7. The molecule has 2 rings (SSSR count). The van der Waals surface area contributed by atoms with Crippen molar-refractivity contribution < 1.29 is 4.39 Å². The quantitative estimate of drug-likeness (QED) is 0.860. The van der Waals surface area contributed by atoms with E-state index in [1.165, 1.54) is 12.1 Å². The summed E-state index contributed by atoms with van der Waals surface area (Å²) in [6, 6.07) is 6.40. The number of nitrogens with two attached hydrogens (primary N) is 1. The highest BCUT2D eigenvalue weighted by Crippen LogP contribution is 2.23. The molecule has 1 atom stereocenters. The third-order valence-electron chi connectivity index (χ3n) is 2.48. The first-order chi connectivity index (χ1) is 7.59. The van der Waals surface area contributed by atoms with Crippen molar-refractivity contribution in [3.8, 4) is 0 Å². The van der Waals surface area contributed by atoms with Gasteiger partial charge in [-0.15, -0.1) is 0 Å². The van der Waals surface area contributed by atoms with Crippen molar-refractivity contribution in [3.63, 3.8) is 0 Å². The number of hydrogen-bond donors (Lipinski definition) is 1. The molecule has 0 aliphatic rings. The van der Waals surface area contributed by atoms with Crippen LogP contribution >= 0.6 is 22.6 Å². The fourth-order valence-electron chi connectivity index (χ4n) is 1.57. The third-order valence-corrected chi connectivity index (χ3v) is 3.32. The van der Waals surface area contributed by atoms with Crippen molar-refractivity contribution in [2.75, 3.05) is 5.73 Å². The summed E-state index contributed by atoms with van der Waals surface area (Å²) < 4.78 is 15.7. The van der Waals surface area contributed by atoms with Crippen LogP contribution in [0.4, 0.5) is 10.2 Å². The average Bonchev–Trinajstić information content (AvgIpc) is 2.59. The fraction of sp³-hybridized carbons (Fsp3) is 0.182. The second-order valence-electron chi connectivity index (χ2n) is 3.55. The molecule has 0 aliphatic carbocycles. The van der Waals surface area contributed by atoms with E-state index in [-0.39, 0.29) is 11.9 Å². The van der Waals surface area contributed by atoms with Crippen LogP contribution in [0.2, 0.25) is 0 Å². The fourth-order valence-corrected chi connectivity index (χ4v) is 1.94. The number of aromatic nitrogens is 2. The van der Waals surface area contributed by atoms with E-state index in [2.05, 4.69) is 27.7 Å². The number of nitrogens with zero attached hydrogens (tertiary/aromatic N) is 2. The molecule has 0 saturated carbocycles. The van der Waals surface area contributed by atoms with E-state index < -0.39 is 0 Å². The van der Waals surface area contributed by atoms with Crippen LogP contribution in [0.1, 0.15) is 18.5 Å². The number of halogens is 2. The summed E-state index contributed by atoms with van der Waals surface area (Å²) in [6.45, 7) is 1.94. The van der Waals surface area contributed by atoms with Gasteiger partial charge in [-0.05, 0) is 47.2 Å². The van der Waals surface area contributed by atoms with Gasteiger partial charge in [-0.2, -0.15) is 5.10 Å². The SMILES string of the molecule is CC(c1cccc(F)c1)n1ncc(I)c1N. The Bertz CT molecular complexity index is 510. The number of nitrogen functional groups attached to an aromatic ring is 1. The number of hydrogen-bond acceptors (Lipinski definition) is 2. The lowest BCUT2D eigenvalue weighted by Gasteiger charge is -2.14. The van der Waals surface area contributed by atoms with Gasteiger partial charge in [-0.25, -0.2) is 9.07 Å². The molecule has 5 heteroatoms. The molecule has 1 unspecified atom stereocenters. The maximum Gasteiger partial charge on any atom is 0.135 e. The number of benzene rings is 1. The van der Waals surface area contributed by atoms with Gasteiger partial charge in [0, 0.05) is 0 Å². The summed E-state index contributed by atoms with van der Waals surface area (Å²) in [4.78, 5) is 0. The van der Waals surface area contributed by atoms with Gasteiger partial charge < -0.3 is 5.73 Å². The largest absolute Gasteiger partial charge is 0.383 e. The number of anilines is 1. The smallest absolute Gasteiger partial charge is 0.135 e. The number of rotatable bonds is 2. The van der Waals surface area contributed by atoms with Crippen LogP contribution in [-0.4, -0.2) is 9.78 Å². The van der Waals surface area contributed by atoms with Crippen LogP contribution in [-0.2, 0) is 0 Å². The highest BCUT2D eigenvalue weighted by molar-refractivity contribution is 14.1.